The van der Waals surface area contributed by atoms with Gasteiger partial charge in [0.15, 0.2) is 0 Å². The Bertz CT molecular complexity index is 747. The molecule has 2 aromatic heterocycles. The van der Waals surface area contributed by atoms with E-state index in [1.54, 1.807) is 17.5 Å². The first kappa shape index (κ1) is 12.7. The minimum Gasteiger partial charge on any atom is -0.368 e. The summed E-state index contributed by atoms with van der Waals surface area (Å²) in [6.07, 6.45) is 1.67. The van der Waals surface area contributed by atoms with Gasteiger partial charge in [-0.2, -0.15) is 0 Å². The fraction of sp³-hybridized carbons (Fsp3) is 0.133. The van der Waals surface area contributed by atoms with Crippen LogP contribution in [0.4, 0.5) is 5.95 Å². The molecule has 0 aliphatic heterocycles. The lowest BCUT2D eigenvalue weighted by atomic mass is 10.2. The van der Waals surface area contributed by atoms with Gasteiger partial charge in [-0.1, -0.05) is 29.8 Å². The summed E-state index contributed by atoms with van der Waals surface area (Å²) < 4.78 is 0. The number of nitrogen functional groups attached to an aromatic ring is 1. The van der Waals surface area contributed by atoms with Crippen molar-refractivity contribution in [1.82, 2.24) is 15.0 Å². The van der Waals surface area contributed by atoms with E-state index < -0.39 is 0 Å². The molecule has 0 aliphatic carbocycles. The van der Waals surface area contributed by atoms with E-state index in [-0.39, 0.29) is 5.95 Å². The summed E-state index contributed by atoms with van der Waals surface area (Å²) in [6.45, 7) is 4.06. The first-order valence-corrected chi connectivity index (χ1v) is 7.08. The lowest BCUT2D eigenvalue weighted by Gasteiger charge is -1.98. The van der Waals surface area contributed by atoms with E-state index in [0.717, 1.165) is 26.8 Å². The number of thiazole rings is 1. The SMILES string of the molecule is Cc1ccc(-c2nc(C)c(-c3ccnc(N)n3)s2)cc1. The van der Waals surface area contributed by atoms with E-state index in [9.17, 15) is 0 Å². The van der Waals surface area contributed by atoms with Crippen LogP contribution in [-0.4, -0.2) is 15.0 Å². The zero-order chi connectivity index (χ0) is 14.1. The summed E-state index contributed by atoms with van der Waals surface area (Å²) in [5.74, 6) is 0.284. The van der Waals surface area contributed by atoms with Crippen molar-refractivity contribution < 1.29 is 0 Å². The van der Waals surface area contributed by atoms with Crippen molar-refractivity contribution in [3.63, 3.8) is 0 Å². The van der Waals surface area contributed by atoms with Gasteiger partial charge in [0.25, 0.3) is 0 Å². The molecule has 0 fully saturated rings. The molecule has 3 rings (SSSR count). The molecular formula is C15H14N4S. The number of nitrogens with two attached hydrogens (primary N) is 1. The molecule has 100 valence electrons. The molecule has 5 heteroatoms. The third-order valence-electron chi connectivity index (χ3n) is 3.00. The summed E-state index contributed by atoms with van der Waals surface area (Å²) in [5.41, 5.74) is 9.79. The molecule has 3 aromatic rings. The number of benzene rings is 1. The van der Waals surface area contributed by atoms with E-state index in [4.69, 9.17) is 5.73 Å². The second-order valence-corrected chi connectivity index (χ2v) is 5.60. The predicted octanol–water partition coefficient (Wildman–Crippen LogP) is 3.47. The lowest BCUT2D eigenvalue weighted by Crippen LogP contribution is -1.94. The Kier molecular flexibility index (Phi) is 3.20. The highest BCUT2D eigenvalue weighted by Gasteiger charge is 2.12. The smallest absolute Gasteiger partial charge is 0.220 e. The maximum Gasteiger partial charge on any atom is 0.220 e. The van der Waals surface area contributed by atoms with Crippen LogP contribution in [0.25, 0.3) is 21.1 Å². The maximum absolute atomic E-state index is 5.64. The third kappa shape index (κ3) is 2.40. The van der Waals surface area contributed by atoms with Gasteiger partial charge < -0.3 is 5.73 Å². The van der Waals surface area contributed by atoms with Crippen molar-refractivity contribution in [2.24, 2.45) is 0 Å². The predicted molar refractivity (Wildman–Crippen MR) is 82.5 cm³/mol. The van der Waals surface area contributed by atoms with E-state index in [1.807, 2.05) is 13.0 Å². The minimum atomic E-state index is 0.284. The zero-order valence-corrected chi connectivity index (χ0v) is 12.1. The summed E-state index contributed by atoms with van der Waals surface area (Å²) in [5, 5.41) is 0.995. The summed E-state index contributed by atoms with van der Waals surface area (Å²) in [4.78, 5) is 13.9. The van der Waals surface area contributed by atoms with Crippen molar-refractivity contribution in [2.75, 3.05) is 5.73 Å². The highest BCUT2D eigenvalue weighted by molar-refractivity contribution is 7.18. The number of nitrogens with zero attached hydrogens (tertiary/aromatic N) is 3. The number of hydrogen-bond donors (Lipinski definition) is 1. The van der Waals surface area contributed by atoms with Crippen molar-refractivity contribution in [2.45, 2.75) is 13.8 Å². The molecular weight excluding hydrogens is 268 g/mol. The standard InChI is InChI=1S/C15H14N4S/c1-9-3-5-11(6-4-9)14-18-10(2)13(20-14)12-7-8-17-15(16)19-12/h3-8H,1-2H3,(H2,16,17,19). The Morgan fingerprint density at radius 1 is 1.00 bits per heavy atom. The van der Waals surface area contributed by atoms with Gasteiger partial charge >= 0.3 is 0 Å². The Morgan fingerprint density at radius 2 is 1.75 bits per heavy atom. The summed E-state index contributed by atoms with van der Waals surface area (Å²) >= 11 is 1.62. The Balaban J connectivity index is 2.05. The van der Waals surface area contributed by atoms with Gasteiger partial charge in [0.2, 0.25) is 5.95 Å². The van der Waals surface area contributed by atoms with Crippen LogP contribution in [0.15, 0.2) is 36.5 Å². The fourth-order valence-corrected chi connectivity index (χ4v) is 3.00. The van der Waals surface area contributed by atoms with Crippen molar-refractivity contribution in [1.29, 1.82) is 0 Å². The monoisotopic (exact) mass is 282 g/mol. The minimum absolute atomic E-state index is 0.284. The first-order valence-electron chi connectivity index (χ1n) is 6.27. The quantitative estimate of drug-likeness (QED) is 0.781. The Morgan fingerprint density at radius 3 is 2.45 bits per heavy atom. The van der Waals surface area contributed by atoms with E-state index in [2.05, 4.69) is 46.1 Å². The zero-order valence-electron chi connectivity index (χ0n) is 11.3. The van der Waals surface area contributed by atoms with Crippen LogP contribution in [0.2, 0.25) is 0 Å². The van der Waals surface area contributed by atoms with Crippen LogP contribution in [0.3, 0.4) is 0 Å². The number of rotatable bonds is 2. The van der Waals surface area contributed by atoms with E-state index in [1.165, 1.54) is 5.56 Å². The largest absolute Gasteiger partial charge is 0.368 e. The van der Waals surface area contributed by atoms with Gasteiger partial charge in [0, 0.05) is 11.8 Å². The van der Waals surface area contributed by atoms with E-state index >= 15 is 0 Å². The lowest BCUT2D eigenvalue weighted by molar-refractivity contribution is 1.18. The molecule has 2 N–H and O–H groups in total. The van der Waals surface area contributed by atoms with Gasteiger partial charge in [0.1, 0.15) is 5.01 Å². The maximum atomic E-state index is 5.64. The van der Waals surface area contributed by atoms with Gasteiger partial charge in [-0.3, -0.25) is 0 Å². The first-order chi connectivity index (χ1) is 9.63. The molecule has 0 saturated carbocycles. The number of aryl methyl sites for hydroxylation is 2. The van der Waals surface area contributed by atoms with Crippen LogP contribution in [-0.2, 0) is 0 Å². The van der Waals surface area contributed by atoms with Crippen LogP contribution in [0.5, 0.6) is 0 Å². The molecule has 0 atom stereocenters. The molecule has 0 saturated heterocycles. The molecule has 0 aliphatic rings. The molecule has 0 spiro atoms. The summed E-state index contributed by atoms with van der Waals surface area (Å²) in [6, 6.07) is 10.2. The second-order valence-electron chi connectivity index (χ2n) is 4.60. The molecule has 2 heterocycles. The normalized spacial score (nSPS) is 10.7. The van der Waals surface area contributed by atoms with Gasteiger partial charge in [0.05, 0.1) is 16.3 Å². The molecule has 1 aromatic carbocycles. The second kappa shape index (κ2) is 5.02. The fourth-order valence-electron chi connectivity index (χ4n) is 1.95. The molecule has 0 bridgehead atoms. The highest BCUT2D eigenvalue weighted by Crippen LogP contribution is 2.34. The summed E-state index contributed by atoms with van der Waals surface area (Å²) in [7, 11) is 0. The third-order valence-corrected chi connectivity index (χ3v) is 4.23. The number of aromatic nitrogens is 3. The number of hydrogen-bond acceptors (Lipinski definition) is 5. The Labute approximate surface area is 121 Å². The average molecular weight is 282 g/mol. The number of anilines is 1. The van der Waals surface area contributed by atoms with Crippen LogP contribution in [0.1, 0.15) is 11.3 Å². The van der Waals surface area contributed by atoms with Gasteiger partial charge in [-0.15, -0.1) is 11.3 Å². The van der Waals surface area contributed by atoms with Crippen molar-refractivity contribution in [3.05, 3.63) is 47.8 Å². The van der Waals surface area contributed by atoms with Crippen LogP contribution in [0, 0.1) is 13.8 Å². The topological polar surface area (TPSA) is 64.7 Å². The van der Waals surface area contributed by atoms with Crippen molar-refractivity contribution in [3.8, 4) is 21.1 Å². The molecule has 4 nitrogen and oxygen atoms in total. The molecule has 0 unspecified atom stereocenters. The van der Waals surface area contributed by atoms with Crippen LogP contribution >= 0.6 is 11.3 Å². The van der Waals surface area contributed by atoms with E-state index in [0.29, 0.717) is 0 Å². The van der Waals surface area contributed by atoms with Gasteiger partial charge in [-0.25, -0.2) is 15.0 Å². The highest BCUT2D eigenvalue weighted by atomic mass is 32.1. The molecule has 0 amide bonds. The molecule has 20 heavy (non-hydrogen) atoms. The van der Waals surface area contributed by atoms with Crippen molar-refractivity contribution >= 4 is 17.3 Å². The molecule has 0 radical (unpaired) electrons. The van der Waals surface area contributed by atoms with Gasteiger partial charge in [-0.05, 0) is 19.9 Å². The Hall–Kier alpha value is -2.27. The average Bonchev–Trinajstić information content (AvgIpc) is 2.82. The van der Waals surface area contributed by atoms with Crippen LogP contribution < -0.4 is 5.73 Å².